The molecule has 8 aromatic rings. The first kappa shape index (κ1) is 44.8. The molecular weight excluding hydrogens is 821 g/mol. The van der Waals surface area contributed by atoms with E-state index in [2.05, 4.69) is 155 Å². The summed E-state index contributed by atoms with van der Waals surface area (Å²) in [6.45, 7) is -0.350. The lowest BCUT2D eigenvalue weighted by atomic mass is 10.0. The summed E-state index contributed by atoms with van der Waals surface area (Å²) in [6.07, 6.45) is 1.57. The van der Waals surface area contributed by atoms with Gasteiger partial charge in [-0.05, 0) is 130 Å². The quantitative estimate of drug-likeness (QED) is 0.0775. The van der Waals surface area contributed by atoms with Gasteiger partial charge in [-0.3, -0.25) is 9.59 Å². The molecule has 0 atom stereocenters. The third kappa shape index (κ3) is 11.5. The molecule has 8 nitrogen and oxygen atoms in total. The first-order valence-electron chi connectivity index (χ1n) is 22.3. The average molecular weight is 873 g/mol. The molecule has 0 amide bonds. The van der Waals surface area contributed by atoms with Crippen molar-refractivity contribution in [3.05, 3.63) is 217 Å². The van der Waals surface area contributed by atoms with Gasteiger partial charge in [0.05, 0.1) is 13.2 Å². The molecule has 0 fully saturated rings. The third-order valence-electron chi connectivity index (χ3n) is 11.4. The number of aliphatic hydroxyl groups is 2. The number of hydrogen-bond acceptors (Lipinski definition) is 8. The van der Waals surface area contributed by atoms with Crippen LogP contribution in [-0.4, -0.2) is 48.6 Å². The number of carbonyl (C=O) groups excluding carboxylic acids is 2. The molecule has 0 aromatic heterocycles. The normalized spacial score (nSPS) is 10.9. The van der Waals surface area contributed by atoms with Crippen molar-refractivity contribution < 1.29 is 29.3 Å². The van der Waals surface area contributed by atoms with E-state index in [9.17, 15) is 9.59 Å². The largest absolute Gasteiger partial charge is 0.463 e. The molecule has 0 aliphatic carbocycles. The van der Waals surface area contributed by atoms with Crippen molar-refractivity contribution in [2.24, 2.45) is 0 Å². The van der Waals surface area contributed by atoms with Gasteiger partial charge in [-0.2, -0.15) is 0 Å². The smallest absolute Gasteiger partial charge is 0.306 e. The van der Waals surface area contributed by atoms with Crippen molar-refractivity contribution in [2.75, 3.05) is 36.2 Å². The fourth-order valence-electron chi connectivity index (χ4n) is 7.95. The number of anilines is 6. The molecular formula is C58H52N2O6. The Kier molecular flexibility index (Phi) is 15.1. The average Bonchev–Trinajstić information content (AvgIpc) is 3.38. The molecule has 66 heavy (non-hydrogen) atoms. The van der Waals surface area contributed by atoms with Crippen LogP contribution in [0.3, 0.4) is 0 Å². The lowest BCUT2D eigenvalue weighted by molar-refractivity contribution is -0.145. The molecule has 0 bridgehead atoms. The molecule has 0 saturated carbocycles. The maximum absolute atomic E-state index is 12.1. The Morgan fingerprint density at radius 2 is 0.576 bits per heavy atom. The topological polar surface area (TPSA) is 99.5 Å². The number of benzene rings is 8. The minimum Gasteiger partial charge on any atom is -0.463 e. The molecule has 8 heteroatoms. The van der Waals surface area contributed by atoms with Crippen LogP contribution >= 0.6 is 0 Å². The summed E-state index contributed by atoms with van der Waals surface area (Å²) >= 11 is 0. The van der Waals surface area contributed by atoms with Gasteiger partial charge in [-0.1, -0.05) is 133 Å². The summed E-state index contributed by atoms with van der Waals surface area (Å²) in [6, 6.07) is 71.6. The predicted octanol–water partition coefficient (Wildman–Crippen LogP) is 12.6. The third-order valence-corrected chi connectivity index (χ3v) is 11.4. The van der Waals surface area contributed by atoms with Gasteiger partial charge >= 0.3 is 11.9 Å². The monoisotopic (exact) mass is 872 g/mol. The molecule has 0 spiro atoms. The first-order valence-corrected chi connectivity index (χ1v) is 22.3. The van der Waals surface area contributed by atoms with Crippen LogP contribution in [0, 0.1) is 0 Å². The van der Waals surface area contributed by atoms with Gasteiger partial charge in [0.15, 0.2) is 0 Å². The minimum absolute atomic E-state index is 0.0105. The van der Waals surface area contributed by atoms with Crippen LogP contribution in [0.1, 0.15) is 24.0 Å². The van der Waals surface area contributed by atoms with Gasteiger partial charge in [0, 0.05) is 47.0 Å². The second-order valence-electron chi connectivity index (χ2n) is 15.8. The Labute approximate surface area is 386 Å². The summed E-state index contributed by atoms with van der Waals surface area (Å²) in [5.74, 6) is -0.650. The Morgan fingerprint density at radius 1 is 0.333 bits per heavy atom. The van der Waals surface area contributed by atoms with E-state index < -0.39 is 0 Å². The summed E-state index contributed by atoms with van der Waals surface area (Å²) in [5.41, 5.74) is 14.8. The highest BCUT2D eigenvalue weighted by Crippen LogP contribution is 2.39. The molecule has 8 rings (SSSR count). The number of aliphatic hydroxyl groups excluding tert-OH is 2. The number of carbonyl (C=O) groups is 2. The van der Waals surface area contributed by atoms with Gasteiger partial charge < -0.3 is 29.5 Å². The molecule has 0 radical (unpaired) electrons. The highest BCUT2D eigenvalue weighted by Gasteiger charge is 2.17. The van der Waals surface area contributed by atoms with Crippen molar-refractivity contribution in [2.45, 2.75) is 25.7 Å². The first-order chi connectivity index (χ1) is 32.4. The molecule has 8 aromatic carbocycles. The Hall–Kier alpha value is -7.78. The second kappa shape index (κ2) is 22.2. The van der Waals surface area contributed by atoms with E-state index in [-0.39, 0.29) is 51.2 Å². The Bertz CT molecular complexity index is 2570. The van der Waals surface area contributed by atoms with Crippen LogP contribution in [-0.2, 0) is 31.9 Å². The van der Waals surface area contributed by atoms with Crippen molar-refractivity contribution in [1.29, 1.82) is 0 Å². The zero-order valence-corrected chi connectivity index (χ0v) is 36.7. The lowest BCUT2D eigenvalue weighted by Gasteiger charge is -2.27. The highest BCUT2D eigenvalue weighted by molar-refractivity contribution is 5.82. The summed E-state index contributed by atoms with van der Waals surface area (Å²) in [5, 5.41) is 18.0. The number of nitrogens with zero attached hydrogens (tertiary/aromatic N) is 2. The fourth-order valence-corrected chi connectivity index (χ4v) is 7.95. The number of hydrogen-bond donors (Lipinski definition) is 2. The van der Waals surface area contributed by atoms with Crippen LogP contribution < -0.4 is 9.80 Å². The molecule has 0 unspecified atom stereocenters. The van der Waals surface area contributed by atoms with Crippen LogP contribution in [0.25, 0.3) is 33.4 Å². The summed E-state index contributed by atoms with van der Waals surface area (Å²) in [7, 11) is 0. The van der Waals surface area contributed by atoms with Gasteiger partial charge in [0.1, 0.15) is 13.2 Å². The van der Waals surface area contributed by atoms with Gasteiger partial charge in [-0.25, -0.2) is 0 Å². The van der Waals surface area contributed by atoms with E-state index in [4.69, 9.17) is 19.7 Å². The van der Waals surface area contributed by atoms with Crippen LogP contribution in [0.4, 0.5) is 34.1 Å². The van der Waals surface area contributed by atoms with Crippen molar-refractivity contribution in [3.63, 3.8) is 0 Å². The molecule has 0 aliphatic rings. The van der Waals surface area contributed by atoms with Crippen molar-refractivity contribution >= 4 is 46.1 Å². The molecule has 0 aliphatic heterocycles. The second-order valence-corrected chi connectivity index (χ2v) is 15.8. The zero-order chi connectivity index (χ0) is 45.5. The van der Waals surface area contributed by atoms with Gasteiger partial charge in [0.25, 0.3) is 0 Å². The molecule has 0 heterocycles. The maximum Gasteiger partial charge on any atom is 0.306 e. The molecule has 0 saturated heterocycles. The number of ether oxygens (including phenoxy) is 2. The van der Waals surface area contributed by atoms with Crippen molar-refractivity contribution in [3.8, 4) is 33.4 Å². The van der Waals surface area contributed by atoms with E-state index in [0.717, 1.165) is 78.6 Å². The van der Waals surface area contributed by atoms with E-state index in [0.29, 0.717) is 12.8 Å². The number of rotatable bonds is 19. The van der Waals surface area contributed by atoms with E-state index >= 15 is 0 Å². The fraction of sp³-hybridized carbons (Fsp3) is 0.138. The van der Waals surface area contributed by atoms with Gasteiger partial charge in [-0.15, -0.1) is 0 Å². The highest BCUT2D eigenvalue weighted by atomic mass is 16.5. The summed E-state index contributed by atoms with van der Waals surface area (Å²) < 4.78 is 10.1. The van der Waals surface area contributed by atoms with Gasteiger partial charge in [0.2, 0.25) is 0 Å². The Morgan fingerprint density at radius 3 is 0.833 bits per heavy atom. The Balaban J connectivity index is 1.05. The van der Waals surface area contributed by atoms with E-state index in [1.165, 1.54) is 0 Å². The molecule has 2 N–H and O–H groups in total. The standard InChI is InChI=1S/C58H52N2O6/c61-39-41-65-57(63)37-15-43-11-25-51(26-12-43)59(53-29-17-47(18-30-53)45-7-3-1-4-8-45)55-33-21-49(22-34-55)50-23-35-56(36-24-50)60(54-31-19-48(20-32-54)46-9-5-2-6-10-46)52-27-13-44(14-28-52)16-38-58(64)66-42-40-62/h1-14,17-36,61-62H,15-16,37-42H2. The SMILES string of the molecule is O=C(CCc1ccc(N(c2ccc(-c3ccccc3)cc2)c2ccc(-c3ccc(N(c4ccc(CCC(=O)OCCO)cc4)c4ccc(-c5ccccc5)cc4)cc3)cc2)cc1)OCCO. The number of esters is 2. The maximum atomic E-state index is 12.1. The minimum atomic E-state index is -0.325. The van der Waals surface area contributed by atoms with E-state index in [1.54, 1.807) is 0 Å². The van der Waals surface area contributed by atoms with Crippen molar-refractivity contribution in [1.82, 2.24) is 0 Å². The lowest BCUT2D eigenvalue weighted by Crippen LogP contribution is -2.11. The van der Waals surface area contributed by atoms with Crippen LogP contribution in [0.15, 0.2) is 206 Å². The van der Waals surface area contributed by atoms with E-state index in [1.807, 2.05) is 60.7 Å². The van der Waals surface area contributed by atoms with Crippen LogP contribution in [0.2, 0.25) is 0 Å². The van der Waals surface area contributed by atoms with Crippen LogP contribution in [0.5, 0.6) is 0 Å². The zero-order valence-electron chi connectivity index (χ0n) is 36.7. The molecule has 330 valence electrons. The number of aryl methyl sites for hydroxylation is 2. The predicted molar refractivity (Wildman–Crippen MR) is 265 cm³/mol. The summed E-state index contributed by atoms with van der Waals surface area (Å²) in [4.78, 5) is 28.7.